The van der Waals surface area contributed by atoms with Crippen molar-refractivity contribution in [1.29, 1.82) is 0 Å². The van der Waals surface area contributed by atoms with Gasteiger partial charge in [-0.3, -0.25) is 9.36 Å². The number of carbonyl (C=O) groups is 1. The SMILES string of the molecule is Cc1ccc(-n2c(SCC(=O)NC34CC5CC(CC(C5)C3)C4)nnc2-c2ccccc2O)c(C)c1. The number of benzene rings is 2. The molecule has 0 radical (unpaired) electrons. The number of amides is 1. The number of hydrogen-bond donors (Lipinski definition) is 2. The fourth-order valence-electron chi connectivity index (χ4n) is 7.20. The van der Waals surface area contributed by atoms with Crippen molar-refractivity contribution < 1.29 is 9.90 Å². The quantitative estimate of drug-likeness (QED) is 0.452. The van der Waals surface area contributed by atoms with Crippen molar-refractivity contribution in [2.75, 3.05) is 5.75 Å². The normalized spacial score (nSPS) is 26.7. The fourth-order valence-corrected chi connectivity index (χ4v) is 7.94. The van der Waals surface area contributed by atoms with Crippen LogP contribution in [0.4, 0.5) is 0 Å². The number of aryl methyl sites for hydroxylation is 2. The van der Waals surface area contributed by atoms with Crippen molar-refractivity contribution in [3.05, 3.63) is 53.6 Å². The Bertz CT molecular complexity index is 1250. The summed E-state index contributed by atoms with van der Waals surface area (Å²) in [4.78, 5) is 13.2. The Morgan fingerprint density at radius 3 is 2.40 bits per heavy atom. The van der Waals surface area contributed by atoms with Gasteiger partial charge in [0.15, 0.2) is 11.0 Å². The number of nitrogens with zero attached hydrogens (tertiary/aromatic N) is 3. The Morgan fingerprint density at radius 1 is 1.06 bits per heavy atom. The van der Waals surface area contributed by atoms with Gasteiger partial charge in [-0.2, -0.15) is 0 Å². The summed E-state index contributed by atoms with van der Waals surface area (Å²) in [5, 5.41) is 23.5. The second kappa shape index (κ2) is 8.70. The third kappa shape index (κ3) is 4.24. The molecule has 3 aromatic rings. The zero-order valence-corrected chi connectivity index (χ0v) is 21.1. The Balaban J connectivity index is 1.26. The van der Waals surface area contributed by atoms with Crippen molar-refractivity contribution in [3.8, 4) is 22.8 Å². The molecule has 4 saturated carbocycles. The number of aromatic hydroxyl groups is 1. The molecule has 4 fully saturated rings. The van der Waals surface area contributed by atoms with Crippen LogP contribution in [0.15, 0.2) is 47.6 Å². The van der Waals surface area contributed by atoms with Crippen molar-refractivity contribution in [1.82, 2.24) is 20.1 Å². The fraction of sp³-hybridized carbons (Fsp3) is 0.464. The van der Waals surface area contributed by atoms with Crippen molar-refractivity contribution in [2.45, 2.75) is 63.1 Å². The molecule has 4 aliphatic rings. The summed E-state index contributed by atoms with van der Waals surface area (Å²) >= 11 is 1.41. The highest BCUT2D eigenvalue weighted by molar-refractivity contribution is 7.99. The molecule has 2 aromatic carbocycles. The van der Waals surface area contributed by atoms with Gasteiger partial charge < -0.3 is 10.4 Å². The highest BCUT2D eigenvalue weighted by Gasteiger charge is 2.51. The van der Waals surface area contributed by atoms with Crippen LogP contribution in [-0.4, -0.2) is 37.1 Å². The van der Waals surface area contributed by atoms with Crippen LogP contribution in [0, 0.1) is 31.6 Å². The van der Waals surface area contributed by atoms with Crippen LogP contribution in [0.5, 0.6) is 5.75 Å². The van der Waals surface area contributed by atoms with Gasteiger partial charge in [-0.05, 0) is 93.9 Å². The van der Waals surface area contributed by atoms with Gasteiger partial charge in [0.1, 0.15) is 5.75 Å². The molecule has 182 valence electrons. The number of aromatic nitrogens is 3. The molecule has 0 spiro atoms. The highest BCUT2D eigenvalue weighted by atomic mass is 32.2. The average Bonchev–Trinajstić information content (AvgIpc) is 3.20. The molecule has 0 aliphatic heterocycles. The maximum Gasteiger partial charge on any atom is 0.230 e. The van der Waals surface area contributed by atoms with Gasteiger partial charge in [0.2, 0.25) is 5.91 Å². The third-order valence-electron chi connectivity index (χ3n) is 8.15. The maximum atomic E-state index is 13.2. The van der Waals surface area contributed by atoms with E-state index in [-0.39, 0.29) is 17.2 Å². The molecule has 4 aliphatic carbocycles. The molecule has 1 amide bonds. The van der Waals surface area contributed by atoms with Gasteiger partial charge in [-0.1, -0.05) is 41.6 Å². The Hall–Kier alpha value is -2.80. The van der Waals surface area contributed by atoms with Crippen LogP contribution >= 0.6 is 11.8 Å². The van der Waals surface area contributed by atoms with Crippen molar-refractivity contribution in [3.63, 3.8) is 0 Å². The summed E-state index contributed by atoms with van der Waals surface area (Å²) in [5.74, 6) is 3.48. The molecule has 7 heteroatoms. The minimum Gasteiger partial charge on any atom is -0.507 e. The lowest BCUT2D eigenvalue weighted by molar-refractivity contribution is -0.124. The number of nitrogens with one attached hydrogen (secondary N) is 1. The lowest BCUT2D eigenvalue weighted by atomic mass is 9.53. The van der Waals surface area contributed by atoms with E-state index in [0.717, 1.165) is 48.3 Å². The lowest BCUT2D eigenvalue weighted by Crippen LogP contribution is -2.60. The summed E-state index contributed by atoms with van der Waals surface area (Å²) in [5.41, 5.74) is 3.83. The molecule has 0 unspecified atom stereocenters. The largest absolute Gasteiger partial charge is 0.507 e. The van der Waals surface area contributed by atoms with Crippen molar-refractivity contribution >= 4 is 17.7 Å². The van der Waals surface area contributed by atoms with Gasteiger partial charge in [-0.15, -0.1) is 10.2 Å². The Kier molecular flexibility index (Phi) is 5.63. The first kappa shape index (κ1) is 22.7. The van der Waals surface area contributed by atoms with Crippen LogP contribution in [0.2, 0.25) is 0 Å². The zero-order chi connectivity index (χ0) is 24.2. The second-order valence-electron chi connectivity index (χ2n) is 11.0. The molecule has 6 nitrogen and oxygen atoms in total. The molecule has 0 atom stereocenters. The van der Waals surface area contributed by atoms with Crippen LogP contribution in [0.3, 0.4) is 0 Å². The van der Waals surface area contributed by atoms with E-state index in [9.17, 15) is 9.90 Å². The molecular formula is C28H32N4O2S. The number of hydrogen-bond acceptors (Lipinski definition) is 5. The van der Waals surface area contributed by atoms with Crippen molar-refractivity contribution in [2.24, 2.45) is 17.8 Å². The molecule has 2 N–H and O–H groups in total. The number of phenolic OH excluding ortho intramolecular Hbond substituents is 1. The van der Waals surface area contributed by atoms with E-state index in [1.165, 1.54) is 36.6 Å². The Labute approximate surface area is 210 Å². The smallest absolute Gasteiger partial charge is 0.230 e. The van der Waals surface area contributed by atoms with Crippen LogP contribution in [0.25, 0.3) is 17.1 Å². The molecule has 4 bridgehead atoms. The van der Waals surface area contributed by atoms with Gasteiger partial charge >= 0.3 is 0 Å². The molecule has 7 rings (SSSR count). The van der Waals surface area contributed by atoms with E-state index in [0.29, 0.717) is 22.3 Å². The minimum atomic E-state index is 0.00853. The van der Waals surface area contributed by atoms with E-state index in [4.69, 9.17) is 0 Å². The van der Waals surface area contributed by atoms with Crippen LogP contribution in [0.1, 0.15) is 49.7 Å². The maximum absolute atomic E-state index is 13.2. The predicted molar refractivity (Wildman–Crippen MR) is 138 cm³/mol. The monoisotopic (exact) mass is 488 g/mol. The topological polar surface area (TPSA) is 80.0 Å². The summed E-state index contributed by atoms with van der Waals surface area (Å²) in [6.45, 7) is 4.13. The number of para-hydroxylation sites is 1. The number of thioether (sulfide) groups is 1. The number of phenols is 1. The van der Waals surface area contributed by atoms with Gasteiger partial charge in [0.25, 0.3) is 0 Å². The van der Waals surface area contributed by atoms with Gasteiger partial charge in [-0.25, -0.2) is 0 Å². The van der Waals surface area contributed by atoms with E-state index in [1.54, 1.807) is 12.1 Å². The van der Waals surface area contributed by atoms with Crippen LogP contribution in [-0.2, 0) is 4.79 Å². The van der Waals surface area contributed by atoms with E-state index in [2.05, 4.69) is 47.6 Å². The average molecular weight is 489 g/mol. The molecule has 1 heterocycles. The summed E-state index contributed by atoms with van der Waals surface area (Å²) in [7, 11) is 0. The lowest BCUT2D eigenvalue weighted by Gasteiger charge is -2.56. The van der Waals surface area contributed by atoms with E-state index in [1.807, 2.05) is 16.7 Å². The highest BCUT2D eigenvalue weighted by Crippen LogP contribution is 2.55. The standard InChI is InChI=1S/C28H32N4O2S/c1-17-7-8-23(18(2)9-17)32-26(22-5-3-4-6-24(22)33)30-31-27(32)35-16-25(34)29-28-13-19-10-20(14-28)12-21(11-19)15-28/h3-9,19-21,33H,10-16H2,1-2H3,(H,29,34). The zero-order valence-electron chi connectivity index (χ0n) is 20.3. The minimum absolute atomic E-state index is 0.00853. The van der Waals surface area contributed by atoms with Gasteiger partial charge in [0, 0.05) is 5.54 Å². The number of rotatable bonds is 6. The number of carbonyl (C=O) groups excluding carboxylic acids is 1. The predicted octanol–water partition coefficient (Wildman–Crippen LogP) is 5.43. The molecule has 1 aromatic heterocycles. The Morgan fingerprint density at radius 2 is 1.74 bits per heavy atom. The third-order valence-corrected chi connectivity index (χ3v) is 9.08. The first-order chi connectivity index (χ1) is 16.9. The summed E-state index contributed by atoms with van der Waals surface area (Å²) < 4.78 is 1.96. The second-order valence-corrected chi connectivity index (χ2v) is 11.9. The summed E-state index contributed by atoms with van der Waals surface area (Å²) in [6, 6.07) is 13.4. The van der Waals surface area contributed by atoms with Crippen LogP contribution < -0.4 is 5.32 Å². The molecular weight excluding hydrogens is 456 g/mol. The first-order valence-electron chi connectivity index (χ1n) is 12.6. The summed E-state index contributed by atoms with van der Waals surface area (Å²) in [6.07, 6.45) is 7.51. The molecule has 0 saturated heterocycles. The van der Waals surface area contributed by atoms with E-state index >= 15 is 0 Å². The molecule has 35 heavy (non-hydrogen) atoms. The van der Waals surface area contributed by atoms with Gasteiger partial charge in [0.05, 0.1) is 17.0 Å². The van der Waals surface area contributed by atoms with E-state index < -0.39 is 0 Å². The first-order valence-corrected chi connectivity index (χ1v) is 13.6.